The molecule has 1 aliphatic carbocycles. The lowest BCUT2D eigenvalue weighted by Crippen LogP contribution is -2.46. The standard InChI is InChI=1S/C12H24N2O3/c1-16-8-9-17-10-12(15)14(7-3-6-13)11-4-2-5-11/h11H,2-10,13H2,1H3. The van der Waals surface area contributed by atoms with Gasteiger partial charge in [0.25, 0.3) is 0 Å². The Labute approximate surface area is 103 Å². The Kier molecular flexibility index (Phi) is 7.16. The zero-order chi connectivity index (χ0) is 12.5. The summed E-state index contributed by atoms with van der Waals surface area (Å²) in [5.74, 6) is 0.0826. The highest BCUT2D eigenvalue weighted by molar-refractivity contribution is 5.77. The van der Waals surface area contributed by atoms with E-state index in [9.17, 15) is 4.79 Å². The molecule has 0 saturated heterocycles. The number of nitrogens with zero attached hydrogens (tertiary/aromatic N) is 1. The van der Waals surface area contributed by atoms with Crippen molar-refractivity contribution >= 4 is 5.91 Å². The summed E-state index contributed by atoms with van der Waals surface area (Å²) in [6, 6.07) is 0.417. The van der Waals surface area contributed by atoms with E-state index in [0.29, 0.717) is 25.8 Å². The minimum atomic E-state index is 0.0826. The zero-order valence-electron chi connectivity index (χ0n) is 10.7. The molecule has 0 atom stereocenters. The Morgan fingerprint density at radius 3 is 2.71 bits per heavy atom. The van der Waals surface area contributed by atoms with Gasteiger partial charge in [-0.2, -0.15) is 0 Å². The first kappa shape index (κ1) is 14.4. The molecule has 5 heteroatoms. The molecule has 100 valence electrons. The molecule has 2 N–H and O–H groups in total. The van der Waals surface area contributed by atoms with Crippen LogP contribution in [0.3, 0.4) is 0 Å². The van der Waals surface area contributed by atoms with Gasteiger partial charge in [0.1, 0.15) is 6.61 Å². The number of carbonyl (C=O) groups excluding carboxylic acids is 1. The summed E-state index contributed by atoms with van der Waals surface area (Å²) in [7, 11) is 1.62. The third-order valence-electron chi connectivity index (χ3n) is 3.10. The Morgan fingerprint density at radius 1 is 1.41 bits per heavy atom. The number of nitrogens with two attached hydrogens (primary N) is 1. The number of rotatable bonds is 9. The lowest BCUT2D eigenvalue weighted by Gasteiger charge is -2.37. The highest BCUT2D eigenvalue weighted by atomic mass is 16.5. The van der Waals surface area contributed by atoms with Crippen LogP contribution in [-0.4, -0.2) is 56.9 Å². The SMILES string of the molecule is COCCOCC(=O)N(CCCN)C1CCC1. The molecular weight excluding hydrogens is 220 g/mol. The van der Waals surface area contributed by atoms with Crippen molar-refractivity contribution in [2.45, 2.75) is 31.7 Å². The normalized spacial score (nSPS) is 15.6. The summed E-state index contributed by atoms with van der Waals surface area (Å²) < 4.78 is 10.1. The molecule has 0 radical (unpaired) electrons. The second kappa shape index (κ2) is 8.44. The fourth-order valence-electron chi connectivity index (χ4n) is 1.86. The van der Waals surface area contributed by atoms with Crippen molar-refractivity contribution in [1.82, 2.24) is 4.90 Å². The summed E-state index contributed by atoms with van der Waals surface area (Å²) in [6.07, 6.45) is 4.32. The number of ether oxygens (including phenoxy) is 2. The lowest BCUT2D eigenvalue weighted by molar-refractivity contribution is -0.140. The number of carbonyl (C=O) groups is 1. The number of hydrogen-bond acceptors (Lipinski definition) is 4. The van der Waals surface area contributed by atoms with E-state index in [2.05, 4.69) is 0 Å². The van der Waals surface area contributed by atoms with Gasteiger partial charge in [-0.3, -0.25) is 4.79 Å². The minimum absolute atomic E-state index is 0.0826. The van der Waals surface area contributed by atoms with Crippen LogP contribution in [-0.2, 0) is 14.3 Å². The Morgan fingerprint density at radius 2 is 2.18 bits per heavy atom. The third-order valence-corrected chi connectivity index (χ3v) is 3.10. The van der Waals surface area contributed by atoms with Crippen molar-refractivity contribution < 1.29 is 14.3 Å². The fourth-order valence-corrected chi connectivity index (χ4v) is 1.86. The first-order valence-corrected chi connectivity index (χ1v) is 6.35. The van der Waals surface area contributed by atoms with Crippen molar-refractivity contribution in [3.05, 3.63) is 0 Å². The summed E-state index contributed by atoms with van der Waals surface area (Å²) in [4.78, 5) is 13.9. The monoisotopic (exact) mass is 244 g/mol. The molecule has 1 saturated carbocycles. The van der Waals surface area contributed by atoms with Gasteiger partial charge in [0.15, 0.2) is 0 Å². The van der Waals surface area contributed by atoms with Crippen LogP contribution < -0.4 is 5.73 Å². The molecule has 17 heavy (non-hydrogen) atoms. The van der Waals surface area contributed by atoms with Crippen molar-refractivity contribution in [2.75, 3.05) is 40.0 Å². The van der Waals surface area contributed by atoms with Gasteiger partial charge in [0.2, 0.25) is 5.91 Å². The number of amides is 1. The molecule has 0 unspecified atom stereocenters. The molecule has 1 fully saturated rings. The van der Waals surface area contributed by atoms with Crippen LogP contribution in [0.2, 0.25) is 0 Å². The first-order valence-electron chi connectivity index (χ1n) is 6.35. The summed E-state index contributed by atoms with van der Waals surface area (Å²) >= 11 is 0. The molecule has 0 aromatic carbocycles. The van der Waals surface area contributed by atoms with Gasteiger partial charge in [-0.15, -0.1) is 0 Å². The molecule has 5 nitrogen and oxygen atoms in total. The maximum atomic E-state index is 12.0. The summed E-state index contributed by atoms with van der Waals surface area (Å²) in [5.41, 5.74) is 5.49. The van der Waals surface area contributed by atoms with Crippen molar-refractivity contribution in [2.24, 2.45) is 5.73 Å². The molecule has 0 bridgehead atoms. The van der Waals surface area contributed by atoms with E-state index in [4.69, 9.17) is 15.2 Å². The van der Waals surface area contributed by atoms with E-state index in [1.54, 1.807) is 7.11 Å². The van der Waals surface area contributed by atoms with Gasteiger partial charge in [-0.05, 0) is 32.2 Å². The minimum Gasteiger partial charge on any atom is -0.382 e. The lowest BCUT2D eigenvalue weighted by atomic mass is 9.91. The van der Waals surface area contributed by atoms with Gasteiger partial charge < -0.3 is 20.1 Å². The smallest absolute Gasteiger partial charge is 0.248 e. The molecule has 1 aliphatic rings. The van der Waals surface area contributed by atoms with Gasteiger partial charge in [-0.25, -0.2) is 0 Å². The average Bonchev–Trinajstić information content (AvgIpc) is 2.27. The number of hydrogen-bond donors (Lipinski definition) is 1. The molecule has 0 spiro atoms. The first-order chi connectivity index (χ1) is 8.29. The van der Waals surface area contributed by atoms with E-state index in [1.807, 2.05) is 4.90 Å². The van der Waals surface area contributed by atoms with Crippen LogP contribution in [0.15, 0.2) is 0 Å². The van der Waals surface area contributed by atoms with Crippen LogP contribution in [0.5, 0.6) is 0 Å². The third kappa shape index (κ3) is 5.02. The Balaban J connectivity index is 2.26. The maximum Gasteiger partial charge on any atom is 0.248 e. The molecule has 0 aromatic rings. The van der Waals surface area contributed by atoms with Crippen LogP contribution in [0.1, 0.15) is 25.7 Å². The van der Waals surface area contributed by atoms with E-state index < -0.39 is 0 Å². The van der Waals surface area contributed by atoms with Crippen LogP contribution >= 0.6 is 0 Å². The van der Waals surface area contributed by atoms with E-state index in [0.717, 1.165) is 25.8 Å². The van der Waals surface area contributed by atoms with Gasteiger partial charge in [0.05, 0.1) is 13.2 Å². The van der Waals surface area contributed by atoms with Gasteiger partial charge in [0, 0.05) is 19.7 Å². The van der Waals surface area contributed by atoms with E-state index >= 15 is 0 Å². The summed E-state index contributed by atoms with van der Waals surface area (Å²) in [5, 5.41) is 0. The van der Waals surface area contributed by atoms with E-state index in [-0.39, 0.29) is 12.5 Å². The maximum absolute atomic E-state index is 12.0. The molecule has 0 aromatic heterocycles. The molecule has 1 rings (SSSR count). The second-order valence-corrected chi connectivity index (χ2v) is 4.36. The van der Waals surface area contributed by atoms with Gasteiger partial charge in [-0.1, -0.05) is 0 Å². The van der Waals surface area contributed by atoms with Gasteiger partial charge >= 0.3 is 0 Å². The average molecular weight is 244 g/mol. The van der Waals surface area contributed by atoms with Crippen LogP contribution in [0.4, 0.5) is 0 Å². The summed E-state index contributed by atoms with van der Waals surface area (Å²) in [6.45, 7) is 2.54. The Bertz CT molecular complexity index is 220. The van der Waals surface area contributed by atoms with Crippen LogP contribution in [0, 0.1) is 0 Å². The number of methoxy groups -OCH3 is 1. The van der Waals surface area contributed by atoms with E-state index in [1.165, 1.54) is 6.42 Å². The highest BCUT2D eigenvalue weighted by Gasteiger charge is 2.27. The quantitative estimate of drug-likeness (QED) is 0.596. The molecular formula is C12H24N2O3. The van der Waals surface area contributed by atoms with Crippen molar-refractivity contribution in [3.8, 4) is 0 Å². The van der Waals surface area contributed by atoms with Crippen molar-refractivity contribution in [1.29, 1.82) is 0 Å². The molecule has 0 aliphatic heterocycles. The van der Waals surface area contributed by atoms with Crippen LogP contribution in [0.25, 0.3) is 0 Å². The van der Waals surface area contributed by atoms with Crippen molar-refractivity contribution in [3.63, 3.8) is 0 Å². The Hall–Kier alpha value is -0.650. The predicted octanol–water partition coefficient (Wildman–Crippen LogP) is 0.379. The largest absolute Gasteiger partial charge is 0.382 e. The predicted molar refractivity (Wildman–Crippen MR) is 65.7 cm³/mol. The fraction of sp³-hybridized carbons (Fsp3) is 0.917. The molecule has 1 amide bonds. The highest BCUT2D eigenvalue weighted by Crippen LogP contribution is 2.24. The molecule has 0 heterocycles. The second-order valence-electron chi connectivity index (χ2n) is 4.36. The topological polar surface area (TPSA) is 64.8 Å². The zero-order valence-corrected chi connectivity index (χ0v) is 10.7.